The lowest BCUT2D eigenvalue weighted by Gasteiger charge is -2.33. The molecule has 112 valence electrons. The average Bonchev–Trinajstić information content (AvgIpc) is 2.48. The Bertz CT molecular complexity index is 388. The first-order valence-electron chi connectivity index (χ1n) is 7.94. The van der Waals surface area contributed by atoms with Crippen LogP contribution in [-0.4, -0.2) is 43.7 Å². The Hall–Kier alpha value is -1.06. The molecule has 3 heteroatoms. The number of hydrogen-bond donors (Lipinski definition) is 1. The van der Waals surface area contributed by atoms with Crippen LogP contribution in [-0.2, 0) is 0 Å². The molecule has 2 rings (SSSR count). The second-order valence-corrected chi connectivity index (χ2v) is 5.65. The number of ether oxygens (including phenoxy) is 1. The molecule has 20 heavy (non-hydrogen) atoms. The maximum absolute atomic E-state index is 5.83. The maximum atomic E-state index is 5.83. The van der Waals surface area contributed by atoms with E-state index < -0.39 is 0 Å². The number of likely N-dealkylation sites (N-methyl/N-ethyl adjacent to an activating group) is 1. The first-order chi connectivity index (χ1) is 9.79. The van der Waals surface area contributed by atoms with Gasteiger partial charge in [0.15, 0.2) is 0 Å². The van der Waals surface area contributed by atoms with Crippen LogP contribution in [0.15, 0.2) is 24.3 Å². The maximum Gasteiger partial charge on any atom is 0.119 e. The van der Waals surface area contributed by atoms with Crippen molar-refractivity contribution in [3.8, 4) is 5.75 Å². The smallest absolute Gasteiger partial charge is 0.119 e. The van der Waals surface area contributed by atoms with Gasteiger partial charge >= 0.3 is 0 Å². The zero-order valence-electron chi connectivity index (χ0n) is 12.9. The minimum atomic E-state index is 0.715. The summed E-state index contributed by atoms with van der Waals surface area (Å²) in [6.07, 6.45) is 3.73. The third-order valence-electron chi connectivity index (χ3n) is 4.04. The lowest BCUT2D eigenvalue weighted by Crippen LogP contribution is -2.46. The van der Waals surface area contributed by atoms with Gasteiger partial charge in [-0.15, -0.1) is 0 Å². The summed E-state index contributed by atoms with van der Waals surface area (Å²) in [5.41, 5.74) is 1.26. The predicted octanol–water partition coefficient (Wildman–Crippen LogP) is 2.84. The fourth-order valence-corrected chi connectivity index (χ4v) is 2.91. The van der Waals surface area contributed by atoms with Gasteiger partial charge in [-0.3, -0.25) is 4.90 Å². The molecule has 0 spiro atoms. The number of nitrogens with zero attached hydrogens (tertiary/aromatic N) is 1. The van der Waals surface area contributed by atoms with E-state index in [4.69, 9.17) is 4.74 Å². The van der Waals surface area contributed by atoms with Gasteiger partial charge in [0.1, 0.15) is 5.75 Å². The molecule has 1 saturated heterocycles. The van der Waals surface area contributed by atoms with E-state index in [1.807, 2.05) is 6.07 Å². The number of rotatable bonds is 7. The summed E-state index contributed by atoms with van der Waals surface area (Å²) in [4.78, 5) is 2.59. The van der Waals surface area contributed by atoms with Gasteiger partial charge in [-0.05, 0) is 57.0 Å². The van der Waals surface area contributed by atoms with E-state index in [1.54, 1.807) is 0 Å². The summed E-state index contributed by atoms with van der Waals surface area (Å²) < 4.78 is 5.83. The predicted molar refractivity (Wildman–Crippen MR) is 84.4 cm³/mol. The third kappa shape index (κ3) is 4.80. The summed E-state index contributed by atoms with van der Waals surface area (Å²) in [7, 11) is 0. The van der Waals surface area contributed by atoms with Crippen molar-refractivity contribution in [2.24, 2.45) is 0 Å². The molecule has 1 unspecified atom stereocenters. The summed E-state index contributed by atoms with van der Waals surface area (Å²) in [6.45, 7) is 9.76. The molecular formula is C17H28N2O. The van der Waals surface area contributed by atoms with E-state index in [-0.39, 0.29) is 0 Å². The number of hydrogen-bond acceptors (Lipinski definition) is 3. The van der Waals surface area contributed by atoms with E-state index >= 15 is 0 Å². The molecule has 1 atom stereocenters. The molecule has 1 aromatic carbocycles. The Morgan fingerprint density at radius 3 is 3.00 bits per heavy atom. The van der Waals surface area contributed by atoms with E-state index in [0.29, 0.717) is 6.04 Å². The summed E-state index contributed by atoms with van der Waals surface area (Å²) in [6, 6.07) is 9.00. The molecule has 0 bridgehead atoms. The van der Waals surface area contributed by atoms with Crippen molar-refractivity contribution in [2.75, 3.05) is 32.8 Å². The average molecular weight is 276 g/mol. The molecule has 0 aliphatic carbocycles. The van der Waals surface area contributed by atoms with Crippen molar-refractivity contribution in [1.29, 1.82) is 0 Å². The molecule has 0 amide bonds. The van der Waals surface area contributed by atoms with Gasteiger partial charge in [-0.2, -0.15) is 0 Å². The van der Waals surface area contributed by atoms with E-state index in [1.165, 1.54) is 24.9 Å². The fourth-order valence-electron chi connectivity index (χ4n) is 2.91. The number of piperidine rings is 1. The highest BCUT2D eigenvalue weighted by Crippen LogP contribution is 2.13. The molecular weight excluding hydrogens is 248 g/mol. The van der Waals surface area contributed by atoms with Gasteiger partial charge in [0.05, 0.1) is 6.61 Å². The highest BCUT2D eigenvalue weighted by molar-refractivity contribution is 5.27. The van der Waals surface area contributed by atoms with Gasteiger partial charge in [0.25, 0.3) is 0 Å². The van der Waals surface area contributed by atoms with Crippen molar-refractivity contribution in [2.45, 2.75) is 39.2 Å². The third-order valence-corrected chi connectivity index (χ3v) is 4.04. The number of benzene rings is 1. The van der Waals surface area contributed by atoms with Crippen molar-refractivity contribution in [3.05, 3.63) is 29.8 Å². The summed E-state index contributed by atoms with van der Waals surface area (Å²) in [5.74, 6) is 0.993. The summed E-state index contributed by atoms with van der Waals surface area (Å²) in [5, 5.41) is 3.50. The topological polar surface area (TPSA) is 24.5 Å². The van der Waals surface area contributed by atoms with E-state index in [2.05, 4.69) is 42.3 Å². The Morgan fingerprint density at radius 1 is 1.40 bits per heavy atom. The minimum absolute atomic E-state index is 0.715. The first-order valence-corrected chi connectivity index (χ1v) is 7.94. The van der Waals surface area contributed by atoms with Crippen LogP contribution in [0.2, 0.25) is 0 Å². The minimum Gasteiger partial charge on any atom is -0.494 e. The van der Waals surface area contributed by atoms with Crippen LogP contribution in [0.25, 0.3) is 0 Å². The molecule has 3 nitrogen and oxygen atoms in total. The molecule has 1 heterocycles. The van der Waals surface area contributed by atoms with Crippen LogP contribution in [0.1, 0.15) is 31.7 Å². The summed E-state index contributed by atoms with van der Waals surface area (Å²) >= 11 is 0. The Balaban J connectivity index is 1.68. The molecule has 0 aromatic heterocycles. The van der Waals surface area contributed by atoms with E-state index in [0.717, 1.165) is 38.4 Å². The van der Waals surface area contributed by atoms with Crippen molar-refractivity contribution < 1.29 is 4.74 Å². The number of nitrogens with one attached hydrogen (secondary N) is 1. The number of aryl methyl sites for hydroxylation is 1. The molecule has 1 fully saturated rings. The van der Waals surface area contributed by atoms with Crippen LogP contribution in [0.5, 0.6) is 5.75 Å². The second-order valence-electron chi connectivity index (χ2n) is 5.65. The second kappa shape index (κ2) is 8.28. The molecule has 1 aromatic rings. The van der Waals surface area contributed by atoms with Crippen LogP contribution in [0.4, 0.5) is 0 Å². The molecule has 1 aliphatic heterocycles. The Labute approximate surface area is 123 Å². The highest BCUT2D eigenvalue weighted by atomic mass is 16.5. The monoisotopic (exact) mass is 276 g/mol. The van der Waals surface area contributed by atoms with Crippen LogP contribution in [0.3, 0.4) is 0 Å². The van der Waals surface area contributed by atoms with Crippen molar-refractivity contribution in [3.63, 3.8) is 0 Å². The molecule has 1 N–H and O–H groups in total. The van der Waals surface area contributed by atoms with Crippen LogP contribution >= 0.6 is 0 Å². The van der Waals surface area contributed by atoms with Crippen molar-refractivity contribution in [1.82, 2.24) is 10.2 Å². The normalized spacial score (nSPS) is 19.2. The van der Waals surface area contributed by atoms with Gasteiger partial charge in [0, 0.05) is 19.1 Å². The van der Waals surface area contributed by atoms with Gasteiger partial charge in [-0.1, -0.05) is 19.1 Å². The Kier molecular flexibility index (Phi) is 6.34. The van der Waals surface area contributed by atoms with Gasteiger partial charge in [-0.25, -0.2) is 0 Å². The Morgan fingerprint density at radius 2 is 2.30 bits per heavy atom. The highest BCUT2D eigenvalue weighted by Gasteiger charge is 2.18. The van der Waals surface area contributed by atoms with E-state index in [9.17, 15) is 0 Å². The standard InChI is InChI=1S/C17H28N2O/c1-3-19(16-8-5-10-18-14-16)11-6-12-20-17-9-4-7-15(2)13-17/h4,7,9,13,16,18H,3,5-6,8,10-12,14H2,1-2H3. The molecule has 0 radical (unpaired) electrons. The zero-order chi connectivity index (χ0) is 14.2. The van der Waals surface area contributed by atoms with Crippen LogP contribution in [0, 0.1) is 6.92 Å². The van der Waals surface area contributed by atoms with Crippen LogP contribution < -0.4 is 10.1 Å². The molecule has 0 saturated carbocycles. The van der Waals surface area contributed by atoms with Crippen molar-refractivity contribution >= 4 is 0 Å². The first kappa shape index (κ1) is 15.3. The lowest BCUT2D eigenvalue weighted by atomic mass is 10.1. The fraction of sp³-hybridized carbons (Fsp3) is 0.647. The van der Waals surface area contributed by atoms with Gasteiger partial charge < -0.3 is 10.1 Å². The van der Waals surface area contributed by atoms with Gasteiger partial charge in [0.2, 0.25) is 0 Å². The lowest BCUT2D eigenvalue weighted by molar-refractivity contribution is 0.160. The largest absolute Gasteiger partial charge is 0.494 e. The SMILES string of the molecule is CCN(CCCOc1cccc(C)c1)C1CCCNC1. The molecule has 1 aliphatic rings. The quantitative estimate of drug-likeness (QED) is 0.775. The zero-order valence-corrected chi connectivity index (χ0v) is 12.9.